The normalized spacial score (nSPS) is 23.1. The maximum atomic E-state index is 13.0. The first-order valence-electron chi connectivity index (χ1n) is 12.9. The van der Waals surface area contributed by atoms with E-state index in [-0.39, 0.29) is 18.0 Å². The van der Waals surface area contributed by atoms with Gasteiger partial charge in [-0.2, -0.15) is 0 Å². The molecule has 1 N–H and O–H groups in total. The van der Waals surface area contributed by atoms with Crippen LogP contribution in [0.5, 0.6) is 0 Å². The van der Waals surface area contributed by atoms with E-state index in [2.05, 4.69) is 22.3 Å². The fourth-order valence-corrected chi connectivity index (χ4v) is 6.07. The fourth-order valence-electron chi connectivity index (χ4n) is 6.07. The zero-order valence-electron chi connectivity index (χ0n) is 20.4. The number of hydrogen-bond acceptors (Lipinski definition) is 5. The minimum atomic E-state index is -0.649. The second-order valence-electron chi connectivity index (χ2n) is 10.4. The number of nitrogens with zero attached hydrogens (tertiary/aromatic N) is 4. The van der Waals surface area contributed by atoms with Crippen molar-refractivity contribution >= 4 is 29.3 Å². The third kappa shape index (κ3) is 4.78. The van der Waals surface area contributed by atoms with Crippen molar-refractivity contribution in [1.29, 1.82) is 0 Å². The first-order chi connectivity index (χ1) is 16.9. The maximum Gasteiger partial charge on any atom is 0.329 e. The van der Waals surface area contributed by atoms with Crippen molar-refractivity contribution in [3.63, 3.8) is 0 Å². The Bertz CT molecular complexity index is 1170. The Morgan fingerprint density at radius 3 is 2.40 bits per heavy atom. The summed E-state index contributed by atoms with van der Waals surface area (Å²) in [5, 5.41) is 2.36. The van der Waals surface area contributed by atoms with Crippen LogP contribution < -0.4 is 11.0 Å². The average Bonchev–Trinajstić information content (AvgIpc) is 3.13. The zero-order valence-corrected chi connectivity index (χ0v) is 20.4. The van der Waals surface area contributed by atoms with Gasteiger partial charge in [-0.3, -0.25) is 28.8 Å². The summed E-state index contributed by atoms with van der Waals surface area (Å²) >= 11 is 0. The molecule has 0 aliphatic carbocycles. The molecule has 1 atom stereocenters. The third-order valence-electron chi connectivity index (χ3n) is 8.35. The molecule has 188 valence electrons. The predicted molar refractivity (Wildman–Crippen MR) is 132 cm³/mol. The van der Waals surface area contributed by atoms with Crippen LogP contribution in [-0.2, 0) is 21.4 Å². The number of fused-ring (bicyclic) bond motifs is 1. The van der Waals surface area contributed by atoms with E-state index < -0.39 is 11.9 Å². The summed E-state index contributed by atoms with van der Waals surface area (Å²) < 4.78 is 3.16. The lowest BCUT2D eigenvalue weighted by Crippen LogP contribution is -2.44. The van der Waals surface area contributed by atoms with Crippen LogP contribution in [0.15, 0.2) is 23.0 Å². The van der Waals surface area contributed by atoms with E-state index in [1.807, 2.05) is 11.0 Å². The molecular weight excluding hydrogens is 446 g/mol. The molecule has 35 heavy (non-hydrogen) atoms. The van der Waals surface area contributed by atoms with Gasteiger partial charge < -0.3 is 9.80 Å². The van der Waals surface area contributed by atoms with E-state index in [0.29, 0.717) is 12.3 Å². The lowest BCUT2D eigenvalue weighted by atomic mass is 9.88. The van der Waals surface area contributed by atoms with Gasteiger partial charge in [-0.05, 0) is 87.7 Å². The summed E-state index contributed by atoms with van der Waals surface area (Å²) in [4.78, 5) is 52.3. The molecule has 3 saturated heterocycles. The van der Waals surface area contributed by atoms with Gasteiger partial charge in [0.25, 0.3) is 0 Å². The highest BCUT2D eigenvalue weighted by molar-refractivity contribution is 6.00. The molecule has 3 amide bonds. The van der Waals surface area contributed by atoms with E-state index in [9.17, 15) is 19.2 Å². The highest BCUT2D eigenvalue weighted by Crippen LogP contribution is 2.32. The van der Waals surface area contributed by atoms with Crippen molar-refractivity contribution in [3.8, 4) is 0 Å². The minimum Gasteiger partial charge on any atom is -0.345 e. The number of likely N-dealkylation sites (tertiary alicyclic amines) is 2. The molecule has 0 saturated carbocycles. The summed E-state index contributed by atoms with van der Waals surface area (Å²) in [6.45, 7) is 5.07. The number of rotatable bonds is 6. The van der Waals surface area contributed by atoms with E-state index in [1.165, 1.54) is 12.0 Å². The number of aromatic nitrogens is 2. The van der Waals surface area contributed by atoms with Gasteiger partial charge in [0, 0.05) is 26.6 Å². The first kappa shape index (κ1) is 23.8. The number of nitrogens with one attached hydrogen (secondary N) is 1. The third-order valence-corrected chi connectivity index (χ3v) is 8.35. The van der Waals surface area contributed by atoms with Gasteiger partial charge in [0.15, 0.2) is 0 Å². The Morgan fingerprint density at radius 1 is 0.971 bits per heavy atom. The number of hydrogen-bond donors (Lipinski definition) is 1. The van der Waals surface area contributed by atoms with E-state index in [1.54, 1.807) is 16.2 Å². The molecule has 0 radical (unpaired) electrons. The van der Waals surface area contributed by atoms with Crippen LogP contribution in [0, 0.1) is 5.92 Å². The van der Waals surface area contributed by atoms with Gasteiger partial charge in [-0.25, -0.2) is 4.79 Å². The van der Waals surface area contributed by atoms with Crippen LogP contribution in [0.2, 0.25) is 0 Å². The van der Waals surface area contributed by atoms with Gasteiger partial charge in [0.2, 0.25) is 18.2 Å². The van der Waals surface area contributed by atoms with Crippen molar-refractivity contribution < 1.29 is 14.4 Å². The highest BCUT2D eigenvalue weighted by atomic mass is 16.2. The molecule has 3 aliphatic heterocycles. The summed E-state index contributed by atoms with van der Waals surface area (Å²) in [6, 6.07) is 5.53. The quantitative estimate of drug-likeness (QED) is 0.501. The van der Waals surface area contributed by atoms with Crippen LogP contribution in [0.3, 0.4) is 0 Å². The zero-order chi connectivity index (χ0) is 24.5. The Kier molecular flexibility index (Phi) is 6.77. The Balaban J connectivity index is 1.22. The summed E-state index contributed by atoms with van der Waals surface area (Å²) in [7, 11) is 1.75. The van der Waals surface area contributed by atoms with Gasteiger partial charge in [-0.1, -0.05) is 6.07 Å². The van der Waals surface area contributed by atoms with Crippen LogP contribution in [-0.4, -0.2) is 69.9 Å². The molecule has 1 aromatic carbocycles. The van der Waals surface area contributed by atoms with E-state index in [4.69, 9.17) is 0 Å². The molecule has 1 aromatic heterocycles. The van der Waals surface area contributed by atoms with Crippen molar-refractivity contribution in [2.75, 3.05) is 32.7 Å². The second kappa shape index (κ2) is 9.97. The monoisotopic (exact) mass is 481 g/mol. The summed E-state index contributed by atoms with van der Waals surface area (Å²) in [5.41, 5.74) is 2.60. The SMILES string of the molecule is Cn1c(=O)n(C2CCC(=O)NC2=O)c2ccc(C3CCN(CCC4CCN(C=O)CC4)CC3)cc21. The number of aryl methyl sites for hydroxylation is 1. The molecule has 3 fully saturated rings. The Labute approximate surface area is 205 Å². The number of imidazole rings is 1. The van der Waals surface area contributed by atoms with E-state index >= 15 is 0 Å². The Hall–Kier alpha value is -2.94. The summed E-state index contributed by atoms with van der Waals surface area (Å²) in [6.07, 6.45) is 7.19. The smallest absolute Gasteiger partial charge is 0.329 e. The van der Waals surface area contributed by atoms with Crippen molar-refractivity contribution in [2.24, 2.45) is 13.0 Å². The number of piperidine rings is 3. The summed E-state index contributed by atoms with van der Waals surface area (Å²) in [5.74, 6) is 0.500. The molecule has 2 aromatic rings. The molecule has 1 unspecified atom stereocenters. The molecule has 9 heteroatoms. The lowest BCUT2D eigenvalue weighted by molar-refractivity contribution is -0.135. The molecule has 9 nitrogen and oxygen atoms in total. The van der Waals surface area contributed by atoms with Gasteiger partial charge >= 0.3 is 5.69 Å². The Morgan fingerprint density at radius 2 is 1.71 bits per heavy atom. The first-order valence-corrected chi connectivity index (χ1v) is 12.9. The molecule has 3 aliphatic rings. The van der Waals surface area contributed by atoms with Crippen molar-refractivity contribution in [2.45, 2.75) is 56.9 Å². The predicted octanol–water partition coefficient (Wildman–Crippen LogP) is 1.76. The van der Waals surface area contributed by atoms with Gasteiger partial charge in [0.1, 0.15) is 6.04 Å². The lowest BCUT2D eigenvalue weighted by Gasteiger charge is -2.34. The van der Waals surface area contributed by atoms with Gasteiger partial charge in [0.05, 0.1) is 11.0 Å². The fraction of sp³-hybridized carbons (Fsp3) is 0.615. The molecule has 0 bridgehead atoms. The van der Waals surface area contributed by atoms with Gasteiger partial charge in [-0.15, -0.1) is 0 Å². The number of amides is 3. The van der Waals surface area contributed by atoms with Crippen molar-refractivity contribution in [1.82, 2.24) is 24.3 Å². The van der Waals surface area contributed by atoms with Crippen LogP contribution in [0.1, 0.15) is 62.5 Å². The molecule has 4 heterocycles. The standard InChI is InChI=1S/C26H35N5O4/c1-28-23-16-20(2-3-21(23)31(26(28)35)22-4-5-24(33)27-25(22)34)19-9-14-29(15-10-19)11-6-18-7-12-30(17-32)13-8-18/h2-3,16-19,22H,4-15H2,1H3,(H,27,33,34). The minimum absolute atomic E-state index is 0.222. The van der Waals surface area contributed by atoms with Crippen molar-refractivity contribution in [3.05, 3.63) is 34.2 Å². The number of imide groups is 1. The number of carbonyl (C=O) groups is 3. The topological polar surface area (TPSA) is 96.6 Å². The van der Waals surface area contributed by atoms with E-state index in [0.717, 1.165) is 81.8 Å². The second-order valence-corrected chi connectivity index (χ2v) is 10.4. The molecular formula is C26H35N5O4. The van der Waals surface area contributed by atoms with Crippen LogP contribution in [0.4, 0.5) is 0 Å². The van der Waals surface area contributed by atoms with Crippen LogP contribution in [0.25, 0.3) is 11.0 Å². The molecule has 5 rings (SSSR count). The van der Waals surface area contributed by atoms with Crippen LogP contribution >= 0.6 is 0 Å². The largest absolute Gasteiger partial charge is 0.345 e. The number of benzene rings is 1. The highest BCUT2D eigenvalue weighted by Gasteiger charge is 2.31. The maximum absolute atomic E-state index is 13.0. The molecule has 0 spiro atoms. The average molecular weight is 482 g/mol. The number of carbonyl (C=O) groups excluding carboxylic acids is 3.